The summed E-state index contributed by atoms with van der Waals surface area (Å²) in [6.45, 7) is 1.85. The van der Waals surface area contributed by atoms with E-state index >= 15 is 0 Å². The van der Waals surface area contributed by atoms with E-state index in [0.29, 0.717) is 12.0 Å². The molecular formula is C14H20ClFN2O2S. The summed E-state index contributed by atoms with van der Waals surface area (Å²) in [4.78, 5) is 11.9. The Bertz CT molecular complexity index is 455. The van der Waals surface area contributed by atoms with Gasteiger partial charge >= 0.3 is 0 Å². The zero-order valence-corrected chi connectivity index (χ0v) is 13.3. The van der Waals surface area contributed by atoms with Crippen LogP contribution in [0.25, 0.3) is 0 Å². The number of nitrogens with one attached hydrogen (secondary N) is 2. The average Bonchev–Trinajstić information content (AvgIpc) is 2.93. The number of hydrogen-bond acceptors (Lipinski definition) is 4. The van der Waals surface area contributed by atoms with Crippen molar-refractivity contribution in [2.24, 2.45) is 0 Å². The van der Waals surface area contributed by atoms with Crippen molar-refractivity contribution in [3.8, 4) is 0 Å². The smallest absolute Gasteiger partial charge is 0.238 e. The Kier molecular flexibility index (Phi) is 7.45. The number of carbonyl (C=O) groups excluding carboxylic acids is 1. The van der Waals surface area contributed by atoms with Crippen LogP contribution in [0, 0.1) is 5.82 Å². The van der Waals surface area contributed by atoms with E-state index in [9.17, 15) is 14.3 Å². The topological polar surface area (TPSA) is 61.4 Å². The molecule has 4 nitrogen and oxygen atoms in total. The lowest BCUT2D eigenvalue weighted by Crippen LogP contribution is -2.45. The fraction of sp³-hybridized carbons (Fsp3) is 0.500. The molecule has 21 heavy (non-hydrogen) atoms. The molecule has 1 aromatic carbocycles. The van der Waals surface area contributed by atoms with Crippen LogP contribution in [0.4, 0.5) is 4.39 Å². The molecule has 1 aliphatic rings. The summed E-state index contributed by atoms with van der Waals surface area (Å²) in [7, 11) is 0. The molecule has 1 aliphatic heterocycles. The molecule has 0 aromatic heterocycles. The first-order chi connectivity index (χ1) is 9.56. The molecule has 118 valence electrons. The van der Waals surface area contributed by atoms with Gasteiger partial charge in [-0.3, -0.25) is 10.1 Å². The number of rotatable bonds is 5. The summed E-state index contributed by atoms with van der Waals surface area (Å²) in [5, 5.41) is 16.1. The lowest BCUT2D eigenvalue weighted by Gasteiger charge is -2.20. The first-order valence-corrected chi connectivity index (χ1v) is 7.77. The van der Waals surface area contributed by atoms with Crippen molar-refractivity contribution in [1.82, 2.24) is 10.6 Å². The highest BCUT2D eigenvalue weighted by atomic mass is 35.5. The van der Waals surface area contributed by atoms with Gasteiger partial charge in [-0.1, -0.05) is 12.1 Å². The Balaban J connectivity index is 0.00000220. The number of benzene rings is 1. The second-order valence-corrected chi connectivity index (χ2v) is 6.01. The Labute approximate surface area is 134 Å². The third-order valence-electron chi connectivity index (χ3n) is 3.25. The number of halogens is 2. The fourth-order valence-corrected chi connectivity index (χ4v) is 3.06. The first-order valence-electron chi connectivity index (χ1n) is 6.61. The molecule has 1 saturated heterocycles. The normalized spacial score (nSPS) is 20.4. The number of aliphatic hydroxyl groups is 1. The zero-order valence-electron chi connectivity index (χ0n) is 11.7. The second kappa shape index (κ2) is 8.58. The second-order valence-electron chi connectivity index (χ2n) is 4.98. The molecule has 3 N–H and O–H groups in total. The summed E-state index contributed by atoms with van der Waals surface area (Å²) >= 11 is 1.69. The Morgan fingerprint density at radius 2 is 2.19 bits per heavy atom. The molecule has 3 atom stereocenters. The van der Waals surface area contributed by atoms with Crippen molar-refractivity contribution >= 4 is 30.1 Å². The molecule has 1 heterocycles. The summed E-state index contributed by atoms with van der Waals surface area (Å²) < 4.78 is 12.8. The Morgan fingerprint density at radius 3 is 2.76 bits per heavy atom. The third kappa shape index (κ3) is 5.47. The molecular weight excluding hydrogens is 315 g/mol. The number of thioether (sulfide) groups is 1. The molecule has 2 rings (SSSR count). The summed E-state index contributed by atoms with van der Waals surface area (Å²) in [6.07, 6.45) is -0.311. The highest BCUT2D eigenvalue weighted by Gasteiger charge is 2.24. The van der Waals surface area contributed by atoms with Crippen LogP contribution in [-0.4, -0.2) is 34.7 Å². The van der Waals surface area contributed by atoms with Gasteiger partial charge in [0.05, 0.1) is 12.1 Å². The van der Waals surface area contributed by atoms with Gasteiger partial charge in [0.2, 0.25) is 5.91 Å². The van der Waals surface area contributed by atoms with Crippen LogP contribution in [0.3, 0.4) is 0 Å². The van der Waals surface area contributed by atoms with Crippen LogP contribution >= 0.6 is 24.2 Å². The maximum Gasteiger partial charge on any atom is 0.238 e. The van der Waals surface area contributed by atoms with Gasteiger partial charge in [0.15, 0.2) is 0 Å². The lowest BCUT2D eigenvalue weighted by atomic mass is 10.0. The highest BCUT2D eigenvalue weighted by molar-refractivity contribution is 7.99. The standard InChI is InChI=1S/C14H19FN2O2S.ClH/c1-9(17-14(19)12-7-20-8-16-12)6-13(18)10-2-4-11(15)5-3-10;/h2-5,9,12-13,16,18H,6-8H2,1H3,(H,17,19);1H/t9?,12-,13?;/m1./s1. The predicted octanol–water partition coefficient (Wildman–Crippen LogP) is 1.84. The summed E-state index contributed by atoms with van der Waals surface area (Å²) in [5.74, 6) is 1.21. The minimum Gasteiger partial charge on any atom is -0.388 e. The zero-order chi connectivity index (χ0) is 14.5. The average molecular weight is 335 g/mol. The van der Waals surface area contributed by atoms with E-state index in [4.69, 9.17) is 0 Å². The highest BCUT2D eigenvalue weighted by Crippen LogP contribution is 2.19. The first kappa shape index (κ1) is 18.2. The number of aliphatic hydroxyl groups excluding tert-OH is 1. The number of hydrogen-bond donors (Lipinski definition) is 3. The number of carbonyl (C=O) groups is 1. The molecule has 0 saturated carbocycles. The van der Waals surface area contributed by atoms with Gasteiger partial charge in [-0.05, 0) is 31.0 Å². The lowest BCUT2D eigenvalue weighted by molar-refractivity contribution is -0.123. The third-order valence-corrected chi connectivity index (χ3v) is 4.19. The largest absolute Gasteiger partial charge is 0.388 e. The van der Waals surface area contributed by atoms with E-state index in [1.807, 2.05) is 6.92 Å². The molecule has 1 fully saturated rings. The van der Waals surface area contributed by atoms with Gasteiger partial charge in [-0.2, -0.15) is 0 Å². The van der Waals surface area contributed by atoms with Crippen molar-refractivity contribution in [3.63, 3.8) is 0 Å². The van der Waals surface area contributed by atoms with E-state index in [2.05, 4.69) is 10.6 Å². The van der Waals surface area contributed by atoms with E-state index < -0.39 is 6.10 Å². The van der Waals surface area contributed by atoms with Crippen molar-refractivity contribution in [2.45, 2.75) is 31.5 Å². The maximum atomic E-state index is 12.8. The summed E-state index contributed by atoms with van der Waals surface area (Å²) in [5.41, 5.74) is 0.655. The molecule has 0 aliphatic carbocycles. The predicted molar refractivity (Wildman–Crippen MR) is 85.1 cm³/mol. The molecule has 1 aromatic rings. The van der Waals surface area contributed by atoms with Gasteiger partial charge in [0.1, 0.15) is 5.82 Å². The minimum atomic E-state index is -0.711. The van der Waals surface area contributed by atoms with E-state index in [-0.39, 0.29) is 36.2 Å². The van der Waals surface area contributed by atoms with Crippen molar-refractivity contribution in [3.05, 3.63) is 35.6 Å². The van der Waals surface area contributed by atoms with E-state index in [1.165, 1.54) is 12.1 Å². The summed E-state index contributed by atoms with van der Waals surface area (Å²) in [6, 6.07) is 5.47. The molecule has 0 spiro atoms. The molecule has 1 amide bonds. The quantitative estimate of drug-likeness (QED) is 0.769. The van der Waals surface area contributed by atoms with Gasteiger partial charge in [0.25, 0.3) is 0 Å². The monoisotopic (exact) mass is 334 g/mol. The van der Waals surface area contributed by atoms with Crippen molar-refractivity contribution in [2.75, 3.05) is 11.6 Å². The van der Waals surface area contributed by atoms with Crippen LogP contribution in [0.2, 0.25) is 0 Å². The van der Waals surface area contributed by atoms with Crippen LogP contribution in [0.1, 0.15) is 25.0 Å². The van der Waals surface area contributed by atoms with Crippen molar-refractivity contribution < 1.29 is 14.3 Å². The Hall–Kier alpha value is -0.820. The van der Waals surface area contributed by atoms with Crippen molar-refractivity contribution in [1.29, 1.82) is 0 Å². The fourth-order valence-electron chi connectivity index (χ4n) is 2.12. The molecule has 0 bridgehead atoms. The SMILES string of the molecule is CC(CC(O)c1ccc(F)cc1)NC(=O)[C@H]1CSCN1.Cl. The molecule has 7 heteroatoms. The van der Waals surface area contributed by atoms with Gasteiger partial charge in [-0.15, -0.1) is 24.2 Å². The van der Waals surface area contributed by atoms with Crippen LogP contribution in [0.15, 0.2) is 24.3 Å². The Morgan fingerprint density at radius 1 is 1.52 bits per heavy atom. The van der Waals surface area contributed by atoms with Gasteiger partial charge < -0.3 is 10.4 Å². The number of amides is 1. The minimum absolute atomic E-state index is 0. The molecule has 0 radical (unpaired) electrons. The van der Waals surface area contributed by atoms with Gasteiger partial charge in [-0.25, -0.2) is 4.39 Å². The van der Waals surface area contributed by atoms with Crippen LogP contribution in [-0.2, 0) is 4.79 Å². The van der Waals surface area contributed by atoms with Crippen LogP contribution < -0.4 is 10.6 Å². The maximum absolute atomic E-state index is 12.8. The van der Waals surface area contributed by atoms with Crippen LogP contribution in [0.5, 0.6) is 0 Å². The van der Waals surface area contributed by atoms with Gasteiger partial charge in [0, 0.05) is 17.7 Å². The molecule has 2 unspecified atom stereocenters. The van der Waals surface area contributed by atoms with E-state index in [0.717, 1.165) is 11.6 Å². The van der Waals surface area contributed by atoms with E-state index in [1.54, 1.807) is 23.9 Å².